The van der Waals surface area contributed by atoms with Crippen molar-refractivity contribution in [1.82, 2.24) is 4.90 Å². The molecule has 276 valence electrons. The van der Waals surface area contributed by atoms with Crippen LogP contribution >= 0.6 is 0 Å². The van der Waals surface area contributed by atoms with E-state index >= 15 is 0 Å². The maximum Gasteiger partial charge on any atom is 0.435 e. The number of alkyl halides is 9. The second-order valence-corrected chi connectivity index (χ2v) is 13.8. The molecule has 4 rings (SSSR count). The minimum Gasteiger partial charge on any atom is -0.492 e. The molecule has 0 amide bonds. The molecule has 0 bridgehead atoms. The van der Waals surface area contributed by atoms with Crippen molar-refractivity contribution in [1.29, 1.82) is 0 Å². The Kier molecular flexibility index (Phi) is 12.7. The van der Waals surface area contributed by atoms with Crippen LogP contribution in [0.3, 0.4) is 0 Å². The van der Waals surface area contributed by atoms with Crippen molar-refractivity contribution in [3.8, 4) is 5.75 Å². The number of hydrogen-bond donors (Lipinski definition) is 0. The monoisotopic (exact) mass is 705 g/mol. The van der Waals surface area contributed by atoms with Crippen LogP contribution in [-0.2, 0) is 20.6 Å². The van der Waals surface area contributed by atoms with Gasteiger partial charge in [0.1, 0.15) is 12.4 Å². The van der Waals surface area contributed by atoms with Gasteiger partial charge in [-0.1, -0.05) is 19.9 Å². The van der Waals surface area contributed by atoms with Gasteiger partial charge in [0.2, 0.25) is 0 Å². The number of likely N-dealkylation sites (N-methyl/N-ethyl adjacent to an activating group) is 1. The topological polar surface area (TPSA) is 40.2 Å². The smallest absolute Gasteiger partial charge is 0.435 e. The molecule has 0 aromatic heterocycles. The normalized spacial score (nSPS) is 26.4. The molecule has 5 nitrogen and oxygen atoms in total. The fourth-order valence-corrected chi connectivity index (χ4v) is 8.23. The molecule has 3 aliphatic carbocycles. The highest BCUT2D eigenvalue weighted by molar-refractivity contribution is 5.40. The molecule has 2 saturated carbocycles. The molecule has 0 spiro atoms. The summed E-state index contributed by atoms with van der Waals surface area (Å²) in [6.45, 7) is 6.36. The van der Waals surface area contributed by atoms with E-state index in [1.54, 1.807) is 0 Å². The van der Waals surface area contributed by atoms with Crippen molar-refractivity contribution >= 4 is 0 Å². The van der Waals surface area contributed by atoms with Crippen LogP contribution in [0, 0.1) is 17.3 Å². The Morgan fingerprint density at radius 1 is 0.812 bits per heavy atom. The molecule has 0 saturated heterocycles. The van der Waals surface area contributed by atoms with Crippen LogP contribution in [0.4, 0.5) is 39.5 Å². The summed E-state index contributed by atoms with van der Waals surface area (Å²) in [4.78, 5) is 2.23. The highest BCUT2D eigenvalue weighted by Crippen LogP contribution is 2.62. The summed E-state index contributed by atoms with van der Waals surface area (Å²) in [5.41, 5.74) is -3.88. The van der Waals surface area contributed by atoms with Crippen LogP contribution in [0.15, 0.2) is 18.2 Å². The number of nitrogens with zero attached hydrogens (tertiary/aromatic N) is 1. The van der Waals surface area contributed by atoms with Gasteiger partial charge in [-0.25, -0.2) is 0 Å². The predicted molar refractivity (Wildman–Crippen MR) is 161 cm³/mol. The van der Waals surface area contributed by atoms with Gasteiger partial charge in [-0.3, -0.25) is 0 Å². The zero-order chi connectivity index (χ0) is 35.4. The van der Waals surface area contributed by atoms with Crippen LogP contribution in [-0.4, -0.2) is 88.3 Å². The third-order valence-corrected chi connectivity index (χ3v) is 10.7. The lowest BCUT2D eigenvalue weighted by Gasteiger charge is -2.50. The minimum absolute atomic E-state index is 0.246. The maximum absolute atomic E-state index is 13.1. The lowest BCUT2D eigenvalue weighted by Crippen LogP contribution is -2.67. The van der Waals surface area contributed by atoms with Gasteiger partial charge in [0.05, 0.1) is 12.7 Å². The van der Waals surface area contributed by atoms with Crippen molar-refractivity contribution in [2.45, 2.75) is 108 Å². The molecule has 0 N–H and O–H groups in total. The Bertz CT molecular complexity index is 1140. The molecule has 0 heterocycles. The third-order valence-electron chi connectivity index (χ3n) is 10.7. The zero-order valence-corrected chi connectivity index (χ0v) is 27.8. The molecule has 5 atom stereocenters. The standard InChI is InChI=1S/C34H48F9NO4/c1-4-17-45-18-5-15-44(3)16-21-46-24-8-10-25-23(22-24)7-9-27-26(25)13-14-30(2)28(27)11-12-29(30)47-19-6-20-48-31(32(35,36)37,33(38,39)40)34(41,42)43/h8,10,22,26-29H,4-7,9,11-21H2,1-3H3/t26-,27-,28+,29+,30+/m1/s1. The van der Waals surface area contributed by atoms with Gasteiger partial charge in [0.25, 0.3) is 0 Å². The highest BCUT2D eigenvalue weighted by Gasteiger charge is 2.85. The summed E-state index contributed by atoms with van der Waals surface area (Å²) < 4.78 is 139. The SMILES string of the molecule is CCCOCCCN(C)CCOc1ccc2c(c1)CC[C@@H]1[C@@H]2CC[C@]2(C)[C@@H](OCCCOC(C(F)(F)F)(C(F)(F)F)C(F)(F)F)CC[C@@H]12. The van der Waals surface area contributed by atoms with Crippen molar-refractivity contribution in [3.05, 3.63) is 29.3 Å². The van der Waals surface area contributed by atoms with Crippen molar-refractivity contribution in [2.75, 3.05) is 53.2 Å². The average molecular weight is 706 g/mol. The molecule has 0 radical (unpaired) electrons. The molecule has 48 heavy (non-hydrogen) atoms. The molecule has 3 aliphatic rings. The second-order valence-electron chi connectivity index (χ2n) is 13.8. The quantitative estimate of drug-likeness (QED) is 0.127. The molecular formula is C34H48F9NO4. The largest absolute Gasteiger partial charge is 0.492 e. The van der Waals surface area contributed by atoms with Gasteiger partial charge in [-0.05, 0) is 111 Å². The number of benzene rings is 1. The summed E-state index contributed by atoms with van der Waals surface area (Å²) in [5, 5.41) is 0. The average Bonchev–Trinajstić information content (AvgIpc) is 3.32. The van der Waals surface area contributed by atoms with Gasteiger partial charge >= 0.3 is 24.1 Å². The van der Waals surface area contributed by atoms with E-state index in [2.05, 4.69) is 42.7 Å². The van der Waals surface area contributed by atoms with Crippen LogP contribution in [0.2, 0.25) is 0 Å². The number of ether oxygens (including phenoxy) is 4. The molecular weight excluding hydrogens is 657 g/mol. The van der Waals surface area contributed by atoms with Crippen LogP contribution in [0.25, 0.3) is 0 Å². The molecule has 1 aromatic carbocycles. The molecule has 1 aromatic rings. The fraction of sp³-hybridized carbons (Fsp3) is 0.824. The number of rotatable bonds is 16. The van der Waals surface area contributed by atoms with E-state index in [1.165, 1.54) is 11.1 Å². The van der Waals surface area contributed by atoms with Crippen LogP contribution in [0.1, 0.15) is 82.3 Å². The van der Waals surface area contributed by atoms with E-state index in [4.69, 9.17) is 14.2 Å². The predicted octanol–water partition coefficient (Wildman–Crippen LogP) is 8.89. The summed E-state index contributed by atoms with van der Waals surface area (Å²) in [5.74, 6) is 1.94. The van der Waals surface area contributed by atoms with Crippen molar-refractivity contribution in [3.63, 3.8) is 0 Å². The first-order chi connectivity index (χ1) is 22.5. The lowest BCUT2D eigenvalue weighted by molar-refractivity contribution is -0.457. The number of aryl methyl sites for hydroxylation is 1. The number of halogens is 9. The Balaban J connectivity index is 1.27. The highest BCUT2D eigenvalue weighted by atomic mass is 19.4. The number of fused-ring (bicyclic) bond motifs is 5. The molecule has 0 aliphatic heterocycles. The Morgan fingerprint density at radius 2 is 1.52 bits per heavy atom. The van der Waals surface area contributed by atoms with E-state index in [0.717, 1.165) is 77.0 Å². The van der Waals surface area contributed by atoms with Crippen LogP contribution < -0.4 is 4.74 Å². The lowest BCUT2D eigenvalue weighted by atomic mass is 9.55. The van der Waals surface area contributed by atoms with Gasteiger partial charge in [-0.2, -0.15) is 39.5 Å². The summed E-state index contributed by atoms with van der Waals surface area (Å²) >= 11 is 0. The second kappa shape index (κ2) is 15.6. The van der Waals surface area contributed by atoms with E-state index < -0.39 is 37.2 Å². The van der Waals surface area contributed by atoms with E-state index in [1.807, 2.05) is 6.07 Å². The van der Waals surface area contributed by atoms with E-state index in [0.29, 0.717) is 30.8 Å². The van der Waals surface area contributed by atoms with E-state index in [-0.39, 0.29) is 18.1 Å². The summed E-state index contributed by atoms with van der Waals surface area (Å²) in [7, 11) is 2.07. The van der Waals surface area contributed by atoms with Gasteiger partial charge in [0, 0.05) is 32.9 Å². The summed E-state index contributed by atoms with van der Waals surface area (Å²) in [6.07, 6.45) is -13.9. The molecule has 0 unspecified atom stereocenters. The molecule has 2 fully saturated rings. The fourth-order valence-electron chi connectivity index (χ4n) is 8.23. The maximum atomic E-state index is 13.1. The Morgan fingerprint density at radius 3 is 2.19 bits per heavy atom. The first-order valence-electron chi connectivity index (χ1n) is 16.9. The third kappa shape index (κ3) is 8.23. The Hall–Kier alpha value is -1.77. The van der Waals surface area contributed by atoms with Crippen molar-refractivity contribution < 1.29 is 58.5 Å². The van der Waals surface area contributed by atoms with Crippen LogP contribution in [0.5, 0.6) is 5.75 Å². The van der Waals surface area contributed by atoms with Gasteiger partial charge in [0.15, 0.2) is 0 Å². The van der Waals surface area contributed by atoms with Crippen molar-refractivity contribution in [2.24, 2.45) is 17.3 Å². The number of hydrogen-bond acceptors (Lipinski definition) is 5. The van der Waals surface area contributed by atoms with Gasteiger partial charge in [-0.15, -0.1) is 0 Å². The minimum atomic E-state index is -6.73. The van der Waals surface area contributed by atoms with E-state index in [9.17, 15) is 39.5 Å². The molecule has 14 heteroatoms. The first kappa shape index (κ1) is 39.0. The Labute approximate surface area is 276 Å². The summed E-state index contributed by atoms with van der Waals surface area (Å²) in [6, 6.07) is 6.34. The zero-order valence-electron chi connectivity index (χ0n) is 27.8. The van der Waals surface area contributed by atoms with Gasteiger partial charge < -0.3 is 23.8 Å². The first-order valence-corrected chi connectivity index (χ1v) is 16.9.